The highest BCUT2D eigenvalue weighted by molar-refractivity contribution is 5.38. The summed E-state index contributed by atoms with van der Waals surface area (Å²) in [5.74, 6) is 0.653. The number of hydrogen-bond acceptors (Lipinski definition) is 1. The lowest BCUT2D eigenvalue weighted by molar-refractivity contribution is 0.308. The third-order valence-corrected chi connectivity index (χ3v) is 3.70. The Morgan fingerprint density at radius 1 is 1.22 bits per heavy atom. The van der Waals surface area contributed by atoms with Crippen molar-refractivity contribution in [2.45, 2.75) is 33.6 Å². The summed E-state index contributed by atoms with van der Waals surface area (Å²) in [5, 5.41) is 0. The molecule has 0 fully saturated rings. The van der Waals surface area contributed by atoms with E-state index in [9.17, 15) is 0 Å². The van der Waals surface area contributed by atoms with Crippen LogP contribution in [0.2, 0.25) is 0 Å². The van der Waals surface area contributed by atoms with E-state index in [1.54, 1.807) is 7.11 Å². The van der Waals surface area contributed by atoms with Gasteiger partial charge in [-0.05, 0) is 31.4 Å². The lowest BCUT2D eigenvalue weighted by Gasteiger charge is -2.31. The minimum absolute atomic E-state index is 0.0122. The van der Waals surface area contributed by atoms with Gasteiger partial charge >= 0.3 is 0 Å². The fourth-order valence-corrected chi connectivity index (χ4v) is 1.94. The van der Waals surface area contributed by atoms with E-state index in [0.29, 0.717) is 5.76 Å². The van der Waals surface area contributed by atoms with Crippen LogP contribution in [-0.2, 0) is 4.74 Å². The van der Waals surface area contributed by atoms with E-state index < -0.39 is 0 Å². The van der Waals surface area contributed by atoms with Gasteiger partial charge in [0.15, 0.2) is 0 Å². The Balaban J connectivity index is 2.83. The minimum atomic E-state index is -0.0122. The number of methoxy groups -OCH3 is 1. The van der Waals surface area contributed by atoms with Crippen molar-refractivity contribution in [3.8, 4) is 0 Å². The van der Waals surface area contributed by atoms with Crippen LogP contribution in [0, 0.1) is 5.41 Å². The molecule has 0 radical (unpaired) electrons. The van der Waals surface area contributed by atoms with E-state index in [1.165, 1.54) is 11.1 Å². The molecule has 0 atom stereocenters. The molecule has 1 aliphatic carbocycles. The number of rotatable bonds is 5. The summed E-state index contributed by atoms with van der Waals surface area (Å²) in [6, 6.07) is 0. The second kappa shape index (κ2) is 5.90. The van der Waals surface area contributed by atoms with Gasteiger partial charge in [-0.25, -0.2) is 0 Å². The number of allylic oxidation sites excluding steroid dienone is 7. The van der Waals surface area contributed by atoms with Crippen molar-refractivity contribution < 1.29 is 4.74 Å². The van der Waals surface area contributed by atoms with E-state index >= 15 is 0 Å². The summed E-state index contributed by atoms with van der Waals surface area (Å²) in [5.41, 5.74) is 3.95. The molecule has 0 amide bonds. The van der Waals surface area contributed by atoms with Gasteiger partial charge in [0.2, 0.25) is 0 Å². The van der Waals surface area contributed by atoms with Crippen molar-refractivity contribution in [3.63, 3.8) is 0 Å². The Labute approximate surface area is 111 Å². The SMILES string of the molecule is C=C(/C=C\C(=C)C(C)(C)C1=CC=C(C)CC1)OC. The molecule has 0 saturated heterocycles. The monoisotopic (exact) mass is 244 g/mol. The van der Waals surface area contributed by atoms with E-state index in [-0.39, 0.29) is 5.41 Å². The van der Waals surface area contributed by atoms with Crippen molar-refractivity contribution in [2.24, 2.45) is 5.41 Å². The van der Waals surface area contributed by atoms with Crippen LogP contribution in [0.4, 0.5) is 0 Å². The summed E-state index contributed by atoms with van der Waals surface area (Å²) in [6.45, 7) is 14.6. The summed E-state index contributed by atoms with van der Waals surface area (Å²) >= 11 is 0. The molecular formula is C17H24O. The second-order valence-electron chi connectivity index (χ2n) is 5.36. The van der Waals surface area contributed by atoms with Crippen molar-refractivity contribution >= 4 is 0 Å². The van der Waals surface area contributed by atoms with Crippen LogP contribution in [0.15, 0.2) is 59.9 Å². The highest BCUT2D eigenvalue weighted by Crippen LogP contribution is 2.39. The maximum atomic E-state index is 5.03. The van der Waals surface area contributed by atoms with Gasteiger partial charge in [0.25, 0.3) is 0 Å². The Kier molecular flexibility index (Phi) is 4.77. The maximum absolute atomic E-state index is 5.03. The summed E-state index contributed by atoms with van der Waals surface area (Å²) < 4.78 is 5.03. The lowest BCUT2D eigenvalue weighted by atomic mass is 9.74. The quantitative estimate of drug-likeness (QED) is 0.491. The average Bonchev–Trinajstić information content (AvgIpc) is 2.35. The van der Waals surface area contributed by atoms with Crippen LogP contribution in [0.3, 0.4) is 0 Å². The molecule has 1 aliphatic rings. The molecule has 0 spiro atoms. The van der Waals surface area contributed by atoms with Crippen molar-refractivity contribution in [1.82, 2.24) is 0 Å². The van der Waals surface area contributed by atoms with Crippen LogP contribution in [0.25, 0.3) is 0 Å². The predicted molar refractivity (Wildman–Crippen MR) is 79.3 cm³/mol. The fraction of sp³-hybridized carbons (Fsp3) is 0.412. The number of hydrogen-bond donors (Lipinski definition) is 0. The molecule has 1 heteroatoms. The summed E-state index contributed by atoms with van der Waals surface area (Å²) in [7, 11) is 1.62. The Bertz CT molecular complexity index is 431. The smallest absolute Gasteiger partial charge is 0.111 e. The van der Waals surface area contributed by atoms with Gasteiger partial charge in [0.1, 0.15) is 5.76 Å². The molecule has 1 rings (SSSR count). The molecule has 0 unspecified atom stereocenters. The molecule has 0 aromatic carbocycles. The third-order valence-electron chi connectivity index (χ3n) is 3.70. The van der Waals surface area contributed by atoms with E-state index in [4.69, 9.17) is 4.74 Å². The minimum Gasteiger partial charge on any atom is -0.497 e. The highest BCUT2D eigenvalue weighted by atomic mass is 16.5. The highest BCUT2D eigenvalue weighted by Gasteiger charge is 2.25. The van der Waals surface area contributed by atoms with Crippen LogP contribution in [0.1, 0.15) is 33.6 Å². The standard InChI is InChI=1S/C17H24O/c1-13-7-11-16(12-8-13)17(4,5)14(2)9-10-15(3)18-6/h7,9-11H,2-3,8,12H2,1,4-6H3/b10-9-. The van der Waals surface area contributed by atoms with Crippen LogP contribution >= 0.6 is 0 Å². The van der Waals surface area contributed by atoms with Gasteiger partial charge in [-0.3, -0.25) is 0 Å². The van der Waals surface area contributed by atoms with Crippen molar-refractivity contribution in [3.05, 3.63) is 59.9 Å². The maximum Gasteiger partial charge on any atom is 0.111 e. The van der Waals surface area contributed by atoms with Gasteiger partial charge in [-0.2, -0.15) is 0 Å². The van der Waals surface area contributed by atoms with E-state index in [1.807, 2.05) is 12.2 Å². The molecule has 0 aromatic heterocycles. The van der Waals surface area contributed by atoms with Crippen molar-refractivity contribution in [2.75, 3.05) is 7.11 Å². The molecule has 0 bridgehead atoms. The molecule has 98 valence electrons. The molecule has 1 nitrogen and oxygen atoms in total. The Hall–Kier alpha value is -1.50. The Morgan fingerprint density at radius 3 is 2.39 bits per heavy atom. The van der Waals surface area contributed by atoms with Gasteiger partial charge in [0, 0.05) is 5.41 Å². The van der Waals surface area contributed by atoms with Gasteiger partial charge in [-0.15, -0.1) is 0 Å². The first-order valence-electron chi connectivity index (χ1n) is 6.35. The first kappa shape index (κ1) is 14.6. The lowest BCUT2D eigenvalue weighted by Crippen LogP contribution is -2.17. The topological polar surface area (TPSA) is 9.23 Å². The molecule has 0 saturated carbocycles. The normalized spacial score (nSPS) is 16.2. The first-order chi connectivity index (χ1) is 8.37. The van der Waals surface area contributed by atoms with Crippen LogP contribution in [0.5, 0.6) is 0 Å². The zero-order chi connectivity index (χ0) is 13.8. The zero-order valence-electron chi connectivity index (χ0n) is 12.0. The summed E-state index contributed by atoms with van der Waals surface area (Å²) in [4.78, 5) is 0. The average molecular weight is 244 g/mol. The fourth-order valence-electron chi connectivity index (χ4n) is 1.94. The second-order valence-corrected chi connectivity index (χ2v) is 5.36. The van der Waals surface area contributed by atoms with Crippen LogP contribution in [-0.4, -0.2) is 7.11 Å². The predicted octanol–water partition coefficient (Wildman–Crippen LogP) is 4.95. The molecule has 0 N–H and O–H groups in total. The zero-order valence-corrected chi connectivity index (χ0v) is 12.0. The third kappa shape index (κ3) is 3.49. The summed E-state index contributed by atoms with van der Waals surface area (Å²) in [6.07, 6.45) is 10.6. The van der Waals surface area contributed by atoms with Crippen LogP contribution < -0.4 is 0 Å². The molecule has 18 heavy (non-hydrogen) atoms. The molecule has 0 heterocycles. The van der Waals surface area contributed by atoms with Gasteiger partial charge in [-0.1, -0.05) is 56.4 Å². The molecule has 0 aromatic rings. The molecule has 0 aliphatic heterocycles. The van der Waals surface area contributed by atoms with Gasteiger partial charge in [0.05, 0.1) is 7.11 Å². The van der Waals surface area contributed by atoms with Gasteiger partial charge < -0.3 is 4.74 Å². The van der Waals surface area contributed by atoms with Crippen molar-refractivity contribution in [1.29, 1.82) is 0 Å². The largest absolute Gasteiger partial charge is 0.497 e. The van der Waals surface area contributed by atoms with E-state index in [2.05, 4.69) is 46.1 Å². The number of ether oxygens (including phenoxy) is 1. The Morgan fingerprint density at radius 2 is 1.89 bits per heavy atom. The van der Waals surface area contributed by atoms with E-state index in [0.717, 1.165) is 18.4 Å². The first-order valence-corrected chi connectivity index (χ1v) is 6.35. The molecular weight excluding hydrogens is 220 g/mol.